The molecule has 0 bridgehead atoms. The maximum Gasteiger partial charge on any atom is 0.164 e. The Hall–Kier alpha value is -10.1. The maximum absolute atomic E-state index is 10.7. The Bertz CT molecular complexity index is 4390. The zero-order valence-corrected chi connectivity index (χ0v) is 40.0. The fourth-order valence-electron chi connectivity index (χ4n) is 11.3. The minimum atomic E-state index is 0.576. The Morgan fingerprint density at radius 2 is 0.703 bits per heavy atom. The third-order valence-corrected chi connectivity index (χ3v) is 14.8. The third kappa shape index (κ3) is 7.18. The van der Waals surface area contributed by atoms with E-state index in [0.29, 0.717) is 23.0 Å². The molecule has 0 saturated carbocycles. The molecule has 0 fully saturated rings. The van der Waals surface area contributed by atoms with E-state index in [1.165, 1.54) is 65.7 Å². The minimum Gasteiger partial charge on any atom is -0.208 e. The second-order valence-corrected chi connectivity index (χ2v) is 18.9. The van der Waals surface area contributed by atoms with Gasteiger partial charge in [0.25, 0.3) is 0 Å². The Labute approximate surface area is 428 Å². The van der Waals surface area contributed by atoms with Crippen molar-refractivity contribution in [3.05, 3.63) is 260 Å². The maximum atomic E-state index is 10.7. The average molecular weight is 939 g/mol. The van der Waals surface area contributed by atoms with Gasteiger partial charge < -0.3 is 0 Å². The summed E-state index contributed by atoms with van der Waals surface area (Å²) in [5.74, 6) is 1.77. The summed E-state index contributed by atoms with van der Waals surface area (Å²) in [6, 6.07) is 92.2. The second-order valence-electron chi connectivity index (χ2n) is 18.9. The normalized spacial score (nSPS) is 11.5. The van der Waals surface area contributed by atoms with Crippen LogP contribution in [0.15, 0.2) is 255 Å². The largest absolute Gasteiger partial charge is 0.208 e. The van der Waals surface area contributed by atoms with Crippen LogP contribution in [0.2, 0.25) is 0 Å². The van der Waals surface area contributed by atoms with Crippen molar-refractivity contribution in [3.8, 4) is 118 Å². The monoisotopic (exact) mass is 938 g/mol. The predicted octanol–water partition coefficient (Wildman–Crippen LogP) is 18.2. The van der Waals surface area contributed by atoms with Crippen LogP contribution in [0, 0.1) is 11.3 Å². The van der Waals surface area contributed by atoms with Crippen LogP contribution < -0.4 is 0 Å². The number of aromatic nitrogens is 3. The molecular formula is C70H42N4. The van der Waals surface area contributed by atoms with Crippen LogP contribution in [0.5, 0.6) is 0 Å². The molecule has 14 rings (SSSR count). The van der Waals surface area contributed by atoms with Crippen LogP contribution in [0.1, 0.15) is 5.56 Å². The van der Waals surface area contributed by atoms with Crippen molar-refractivity contribution >= 4 is 32.3 Å². The van der Waals surface area contributed by atoms with Crippen molar-refractivity contribution in [2.45, 2.75) is 0 Å². The first kappa shape index (κ1) is 42.8. The fourth-order valence-corrected chi connectivity index (χ4v) is 11.3. The number of nitriles is 1. The first-order chi connectivity index (χ1) is 36.6. The molecule has 0 unspecified atom stereocenters. The summed E-state index contributed by atoms with van der Waals surface area (Å²) in [5, 5.41) is 18.2. The van der Waals surface area contributed by atoms with Gasteiger partial charge in [-0.15, -0.1) is 0 Å². The number of hydrogen-bond donors (Lipinski definition) is 0. The lowest BCUT2D eigenvalue weighted by atomic mass is 9.86. The molecule has 12 aromatic carbocycles. The summed E-state index contributed by atoms with van der Waals surface area (Å²) < 4.78 is 0. The number of rotatable bonds is 8. The van der Waals surface area contributed by atoms with E-state index >= 15 is 0 Å². The zero-order valence-electron chi connectivity index (χ0n) is 40.0. The van der Waals surface area contributed by atoms with Gasteiger partial charge in [0.1, 0.15) is 0 Å². The topological polar surface area (TPSA) is 62.5 Å². The van der Waals surface area contributed by atoms with Gasteiger partial charge in [-0.3, -0.25) is 0 Å². The van der Waals surface area contributed by atoms with Crippen molar-refractivity contribution in [2.24, 2.45) is 0 Å². The van der Waals surface area contributed by atoms with Crippen LogP contribution in [0.3, 0.4) is 0 Å². The highest BCUT2D eigenvalue weighted by Gasteiger charge is 2.23. The second kappa shape index (κ2) is 17.6. The van der Waals surface area contributed by atoms with Gasteiger partial charge in [0.05, 0.1) is 11.6 Å². The lowest BCUT2D eigenvalue weighted by molar-refractivity contribution is 1.07. The molecule has 4 heteroatoms. The van der Waals surface area contributed by atoms with Gasteiger partial charge in [-0.1, -0.05) is 243 Å². The summed E-state index contributed by atoms with van der Waals surface area (Å²) in [6.07, 6.45) is 0. The Kier molecular flexibility index (Phi) is 10.2. The summed E-state index contributed by atoms with van der Waals surface area (Å²) in [4.78, 5) is 15.3. The highest BCUT2D eigenvalue weighted by Crippen LogP contribution is 2.49. The highest BCUT2D eigenvalue weighted by molar-refractivity contribution is 6.19. The highest BCUT2D eigenvalue weighted by atomic mass is 15.0. The van der Waals surface area contributed by atoms with Gasteiger partial charge in [-0.2, -0.15) is 5.26 Å². The van der Waals surface area contributed by atoms with E-state index in [4.69, 9.17) is 15.0 Å². The number of benzene rings is 12. The molecular weight excluding hydrogens is 897 g/mol. The molecule has 0 amide bonds. The van der Waals surface area contributed by atoms with Crippen molar-refractivity contribution in [3.63, 3.8) is 0 Å². The lowest BCUT2D eigenvalue weighted by Crippen LogP contribution is -2.00. The third-order valence-electron chi connectivity index (χ3n) is 14.8. The van der Waals surface area contributed by atoms with Crippen molar-refractivity contribution < 1.29 is 0 Å². The van der Waals surface area contributed by atoms with E-state index in [9.17, 15) is 5.26 Å². The Morgan fingerprint density at radius 3 is 1.41 bits per heavy atom. The molecule has 4 nitrogen and oxygen atoms in total. The fraction of sp³-hybridized carbons (Fsp3) is 0. The Morgan fingerprint density at radius 1 is 0.257 bits per heavy atom. The van der Waals surface area contributed by atoms with Crippen LogP contribution in [0.4, 0.5) is 0 Å². The van der Waals surface area contributed by atoms with Crippen LogP contribution in [-0.4, -0.2) is 15.0 Å². The summed E-state index contributed by atoms with van der Waals surface area (Å²) in [6.45, 7) is 0. The molecule has 0 atom stereocenters. The minimum absolute atomic E-state index is 0.576. The van der Waals surface area contributed by atoms with Crippen LogP contribution in [-0.2, 0) is 0 Å². The zero-order chi connectivity index (χ0) is 49.1. The molecule has 1 aliphatic rings. The quantitative estimate of drug-likeness (QED) is 0.142. The number of fused-ring (bicyclic) bond motifs is 6. The van der Waals surface area contributed by atoms with E-state index in [1.807, 2.05) is 42.5 Å². The first-order valence-electron chi connectivity index (χ1n) is 25.0. The molecule has 0 radical (unpaired) electrons. The van der Waals surface area contributed by atoms with E-state index in [-0.39, 0.29) is 0 Å². The summed E-state index contributed by atoms with van der Waals surface area (Å²) >= 11 is 0. The summed E-state index contributed by atoms with van der Waals surface area (Å²) in [5.41, 5.74) is 19.0. The van der Waals surface area contributed by atoms with Gasteiger partial charge in [0.15, 0.2) is 17.5 Å². The van der Waals surface area contributed by atoms with Crippen LogP contribution >= 0.6 is 0 Å². The van der Waals surface area contributed by atoms with Crippen molar-refractivity contribution in [1.29, 1.82) is 5.26 Å². The van der Waals surface area contributed by atoms with Gasteiger partial charge in [-0.25, -0.2) is 15.0 Å². The number of hydrogen-bond acceptors (Lipinski definition) is 4. The van der Waals surface area contributed by atoms with Crippen molar-refractivity contribution in [2.75, 3.05) is 0 Å². The van der Waals surface area contributed by atoms with Gasteiger partial charge in [0, 0.05) is 22.3 Å². The lowest BCUT2D eigenvalue weighted by Gasteiger charge is -2.17. The van der Waals surface area contributed by atoms with Gasteiger partial charge in [0.2, 0.25) is 0 Å². The molecule has 1 aliphatic carbocycles. The first-order valence-corrected chi connectivity index (χ1v) is 25.0. The van der Waals surface area contributed by atoms with Gasteiger partial charge in [-0.05, 0) is 117 Å². The smallest absolute Gasteiger partial charge is 0.164 e. The van der Waals surface area contributed by atoms with E-state index in [1.54, 1.807) is 0 Å². The molecule has 342 valence electrons. The molecule has 1 aromatic heterocycles. The predicted molar refractivity (Wildman–Crippen MR) is 305 cm³/mol. The van der Waals surface area contributed by atoms with E-state index in [2.05, 4.69) is 218 Å². The van der Waals surface area contributed by atoms with Crippen LogP contribution in [0.25, 0.3) is 144 Å². The number of nitrogens with zero attached hydrogens (tertiary/aromatic N) is 4. The molecule has 0 aliphatic heterocycles. The molecule has 1 heterocycles. The van der Waals surface area contributed by atoms with E-state index < -0.39 is 0 Å². The molecule has 0 spiro atoms. The SMILES string of the molecule is N#Cc1cccc(-c2ccc(-c3nc(-c4ccccc4)nc(-c4ccc(-c5ccc6c7c(cccc57)-c5ccccc5-6)cc4)n3)cc2)c1-c1ccccc1-c1cccc(-c2cccc3c2ccc2ccccc23)c1. The van der Waals surface area contributed by atoms with E-state index in [0.717, 1.165) is 61.2 Å². The molecule has 0 saturated heterocycles. The average Bonchev–Trinajstić information content (AvgIpc) is 3.83. The summed E-state index contributed by atoms with van der Waals surface area (Å²) in [7, 11) is 0. The molecule has 13 aromatic rings. The standard InChI is InChI=1S/C70H42N4/c71-43-52-19-11-26-57(66(52)62-24-9-6-21-55(62)51-18-10-17-50(42-51)54-25-12-27-58-53-20-5-4-14-44(53)38-39-61(54)58)46-32-36-49(37-33-46)70-73-68(47-15-2-1-3-16-47)72-69(74-70)48-34-30-45(31-35-48)56-40-41-65-60-23-8-7-22-59(60)64-29-13-28-63(56)67(64)65/h1-42H. The molecule has 0 N–H and O–H groups in total. The van der Waals surface area contributed by atoms with Gasteiger partial charge >= 0.3 is 0 Å². The van der Waals surface area contributed by atoms with Crippen molar-refractivity contribution in [1.82, 2.24) is 15.0 Å². The Balaban J connectivity index is 0.819. The molecule has 74 heavy (non-hydrogen) atoms.